The lowest BCUT2D eigenvalue weighted by Crippen LogP contribution is -1.88. The molecule has 2 heterocycles. The average Bonchev–Trinajstić information content (AvgIpc) is 2.34. The quantitative estimate of drug-likeness (QED) is 0.530. The van der Waals surface area contributed by atoms with Gasteiger partial charge < -0.3 is 0 Å². The van der Waals surface area contributed by atoms with Crippen molar-refractivity contribution in [3.05, 3.63) is 24.7 Å². The Labute approximate surface area is 58.3 Å². The van der Waals surface area contributed by atoms with Crippen LogP contribution in [0.3, 0.4) is 0 Å². The summed E-state index contributed by atoms with van der Waals surface area (Å²) in [6.07, 6.45) is 5.19. The summed E-state index contributed by atoms with van der Waals surface area (Å²) < 4.78 is 1.78. The first-order chi connectivity index (χ1) is 4.88. The molecule has 49 valence electrons. The molecule has 0 aliphatic rings. The summed E-state index contributed by atoms with van der Waals surface area (Å²) in [6, 6.07) is 2.98. The molecule has 0 aromatic carbocycles. The fraction of sp³-hybridized carbons (Fsp3) is 0.143. The normalized spacial score (nSPS) is 10.5. The molecule has 2 rings (SSSR count). The molecule has 0 bridgehead atoms. The number of fused-ring (bicyclic) bond motifs is 1. The first-order valence-corrected chi connectivity index (χ1v) is 3.01. The van der Waals surface area contributed by atoms with E-state index in [4.69, 9.17) is 0 Å². The number of aromatic nitrogens is 3. The molecule has 0 unspecified atom stereocenters. The Morgan fingerprint density at radius 1 is 1.50 bits per heavy atom. The van der Waals surface area contributed by atoms with Gasteiger partial charge in [-0.1, -0.05) is 0 Å². The fourth-order valence-electron chi connectivity index (χ4n) is 0.926. The molecule has 0 saturated carbocycles. The van der Waals surface area contributed by atoms with Gasteiger partial charge in [0.15, 0.2) is 0 Å². The van der Waals surface area contributed by atoms with Gasteiger partial charge in [-0.25, -0.2) is 0 Å². The molecule has 0 fully saturated rings. The van der Waals surface area contributed by atoms with Crippen LogP contribution in [0.2, 0.25) is 0 Å². The second-order valence-electron chi connectivity index (χ2n) is 2.12. The van der Waals surface area contributed by atoms with Gasteiger partial charge in [0.05, 0.1) is 17.9 Å². The van der Waals surface area contributed by atoms with E-state index in [1.807, 2.05) is 7.05 Å². The molecule has 2 aromatic heterocycles. The average molecular weight is 132 g/mol. The molecule has 0 saturated heterocycles. The van der Waals surface area contributed by atoms with Crippen LogP contribution < -0.4 is 0 Å². The maximum atomic E-state index is 4.04. The van der Waals surface area contributed by atoms with Crippen molar-refractivity contribution < 1.29 is 0 Å². The summed E-state index contributed by atoms with van der Waals surface area (Å²) >= 11 is 0. The van der Waals surface area contributed by atoms with E-state index in [0.29, 0.717) is 0 Å². The lowest BCUT2D eigenvalue weighted by molar-refractivity contribution is 0.795. The third-order valence-corrected chi connectivity index (χ3v) is 1.48. The summed E-state index contributed by atoms with van der Waals surface area (Å²) in [5.41, 5.74) is 1.02. The Kier molecular flexibility index (Phi) is 0.974. The Bertz CT molecular complexity index is 350. The zero-order valence-corrected chi connectivity index (χ0v) is 5.57. The van der Waals surface area contributed by atoms with Crippen LogP contribution in [-0.4, -0.2) is 14.8 Å². The van der Waals surface area contributed by atoms with Crippen molar-refractivity contribution in [2.75, 3.05) is 0 Å². The molecule has 3 nitrogen and oxygen atoms in total. The number of pyridine rings is 1. The van der Waals surface area contributed by atoms with Crippen molar-refractivity contribution in [3.63, 3.8) is 0 Å². The van der Waals surface area contributed by atoms with Crippen molar-refractivity contribution in [1.82, 2.24) is 14.8 Å². The standard InChI is InChI=1S/C7H6N3/c1-10-7-5-8-3-2-6(7)4-9-10/h3-5H,1H3. The smallest absolute Gasteiger partial charge is 0.0868 e. The van der Waals surface area contributed by atoms with E-state index >= 15 is 0 Å². The highest BCUT2D eigenvalue weighted by Gasteiger charge is 1.95. The van der Waals surface area contributed by atoms with Crippen molar-refractivity contribution in [3.8, 4) is 0 Å². The third kappa shape index (κ3) is 0.603. The predicted octanol–water partition coefficient (Wildman–Crippen LogP) is 0.768. The van der Waals surface area contributed by atoms with Gasteiger partial charge in [0.2, 0.25) is 0 Å². The first-order valence-electron chi connectivity index (χ1n) is 3.01. The van der Waals surface area contributed by atoms with Gasteiger partial charge in [-0.3, -0.25) is 9.67 Å². The maximum Gasteiger partial charge on any atom is 0.0868 e. The van der Waals surface area contributed by atoms with Gasteiger partial charge in [-0.15, -0.1) is 0 Å². The minimum Gasteiger partial charge on any atom is -0.266 e. The Balaban J connectivity index is 2.93. The van der Waals surface area contributed by atoms with E-state index in [1.165, 1.54) is 0 Å². The van der Waals surface area contributed by atoms with Crippen molar-refractivity contribution in [2.45, 2.75) is 0 Å². The van der Waals surface area contributed by atoms with Crippen LogP contribution in [0.25, 0.3) is 10.9 Å². The monoisotopic (exact) mass is 132 g/mol. The highest BCUT2D eigenvalue weighted by atomic mass is 15.2. The first kappa shape index (κ1) is 5.41. The summed E-state index contributed by atoms with van der Waals surface area (Å²) in [5.74, 6) is 0. The molecule has 10 heavy (non-hydrogen) atoms. The molecule has 1 radical (unpaired) electrons. The van der Waals surface area contributed by atoms with Crippen molar-refractivity contribution in [1.29, 1.82) is 0 Å². The van der Waals surface area contributed by atoms with Crippen LogP contribution in [0, 0.1) is 6.07 Å². The van der Waals surface area contributed by atoms with Crippen LogP contribution in [0.15, 0.2) is 18.6 Å². The second-order valence-corrected chi connectivity index (χ2v) is 2.12. The summed E-state index contributed by atoms with van der Waals surface area (Å²) in [7, 11) is 1.89. The molecule has 0 atom stereocenters. The van der Waals surface area contributed by atoms with E-state index in [-0.39, 0.29) is 0 Å². The number of aryl methyl sites for hydroxylation is 1. The zero-order chi connectivity index (χ0) is 6.97. The predicted molar refractivity (Wildman–Crippen MR) is 37.3 cm³/mol. The highest BCUT2D eigenvalue weighted by molar-refractivity contribution is 5.76. The van der Waals surface area contributed by atoms with Gasteiger partial charge in [-0.2, -0.15) is 5.10 Å². The molecule has 0 N–H and O–H groups in total. The van der Waals surface area contributed by atoms with Gasteiger partial charge in [-0.05, 0) is 0 Å². The third-order valence-electron chi connectivity index (χ3n) is 1.48. The van der Waals surface area contributed by atoms with Gasteiger partial charge in [0, 0.05) is 24.7 Å². The highest BCUT2D eigenvalue weighted by Crippen LogP contribution is 2.07. The molecule has 2 aromatic rings. The minimum absolute atomic E-state index is 1.01. The Hall–Kier alpha value is -1.38. The van der Waals surface area contributed by atoms with Crippen molar-refractivity contribution >= 4 is 10.9 Å². The SMILES string of the molecule is Cn1ncc2[c]cncc21. The van der Waals surface area contributed by atoms with Crippen LogP contribution in [0.4, 0.5) is 0 Å². The summed E-state index contributed by atoms with van der Waals surface area (Å²) in [6.45, 7) is 0. The van der Waals surface area contributed by atoms with E-state index in [1.54, 1.807) is 23.3 Å². The van der Waals surface area contributed by atoms with Crippen molar-refractivity contribution in [2.24, 2.45) is 7.05 Å². The number of rotatable bonds is 0. The molecule has 0 aliphatic heterocycles. The van der Waals surface area contributed by atoms with Gasteiger partial charge >= 0.3 is 0 Å². The van der Waals surface area contributed by atoms with Crippen LogP contribution in [0.1, 0.15) is 0 Å². The number of hydrogen-bond donors (Lipinski definition) is 0. The van der Waals surface area contributed by atoms with E-state index in [9.17, 15) is 0 Å². The summed E-state index contributed by atoms with van der Waals surface area (Å²) in [4.78, 5) is 3.93. The van der Waals surface area contributed by atoms with Crippen LogP contribution >= 0.6 is 0 Å². The molecule has 0 spiro atoms. The lowest BCUT2D eigenvalue weighted by atomic mass is 10.3. The Morgan fingerprint density at radius 2 is 2.40 bits per heavy atom. The second kappa shape index (κ2) is 1.80. The van der Waals surface area contributed by atoms with E-state index < -0.39 is 0 Å². The zero-order valence-electron chi connectivity index (χ0n) is 5.57. The van der Waals surface area contributed by atoms with E-state index in [2.05, 4.69) is 16.1 Å². The number of hydrogen-bond acceptors (Lipinski definition) is 2. The Morgan fingerprint density at radius 3 is 3.20 bits per heavy atom. The largest absolute Gasteiger partial charge is 0.266 e. The molecule has 0 amide bonds. The minimum atomic E-state index is 1.01. The molecular weight excluding hydrogens is 126 g/mol. The number of nitrogens with zero attached hydrogens (tertiary/aromatic N) is 3. The van der Waals surface area contributed by atoms with Gasteiger partial charge in [0.25, 0.3) is 0 Å². The van der Waals surface area contributed by atoms with Crippen LogP contribution in [0.5, 0.6) is 0 Å². The topological polar surface area (TPSA) is 30.7 Å². The van der Waals surface area contributed by atoms with E-state index in [0.717, 1.165) is 10.9 Å². The lowest BCUT2D eigenvalue weighted by Gasteiger charge is -1.89. The van der Waals surface area contributed by atoms with Crippen LogP contribution in [-0.2, 0) is 7.05 Å². The molecular formula is C7H6N3. The molecule has 3 heteroatoms. The molecule has 0 aliphatic carbocycles. The fourth-order valence-corrected chi connectivity index (χ4v) is 0.926. The maximum absolute atomic E-state index is 4.04. The van der Waals surface area contributed by atoms with Gasteiger partial charge in [0.1, 0.15) is 0 Å². The summed E-state index contributed by atoms with van der Waals surface area (Å²) in [5, 5.41) is 5.05.